The molecule has 0 unspecified atom stereocenters. The summed E-state index contributed by atoms with van der Waals surface area (Å²) in [5.74, 6) is -1.80. The maximum Gasteiger partial charge on any atom is 0.346 e. The minimum Gasteiger partial charge on any atom is -0.465 e. The van der Waals surface area contributed by atoms with Gasteiger partial charge in [-0.25, -0.2) is 14.6 Å². The van der Waals surface area contributed by atoms with Gasteiger partial charge in [-0.15, -0.1) is 0 Å². The molecule has 9 heteroatoms. The van der Waals surface area contributed by atoms with Gasteiger partial charge in [0.2, 0.25) is 0 Å². The van der Waals surface area contributed by atoms with Gasteiger partial charge >= 0.3 is 11.9 Å². The monoisotopic (exact) mass is 337 g/mol. The lowest BCUT2D eigenvalue weighted by molar-refractivity contribution is -0.144. The summed E-state index contributed by atoms with van der Waals surface area (Å²) >= 11 is 5.85. The predicted octanol–water partition coefficient (Wildman–Crippen LogP) is 0.990. The number of carbonyl (C=O) groups excluding carboxylic acids is 2. The van der Waals surface area contributed by atoms with Crippen molar-refractivity contribution in [3.63, 3.8) is 0 Å². The number of aromatic nitrogens is 2. The maximum atomic E-state index is 12.3. The highest BCUT2D eigenvalue weighted by molar-refractivity contribution is 6.30. The summed E-state index contributed by atoms with van der Waals surface area (Å²) in [4.78, 5) is 39.4. The molecule has 0 amide bonds. The van der Waals surface area contributed by atoms with Crippen LogP contribution in [0.15, 0.2) is 41.1 Å². The summed E-state index contributed by atoms with van der Waals surface area (Å²) in [6.45, 7) is 0. The molecule has 0 spiro atoms. The van der Waals surface area contributed by atoms with Crippen LogP contribution in [0.2, 0.25) is 5.02 Å². The number of pyridine rings is 1. The third kappa shape index (κ3) is 3.49. The van der Waals surface area contributed by atoms with E-state index in [9.17, 15) is 14.4 Å². The molecule has 2 heterocycles. The van der Waals surface area contributed by atoms with Crippen LogP contribution in [0.4, 0.5) is 5.69 Å². The molecule has 0 saturated carbocycles. The first kappa shape index (κ1) is 16.5. The zero-order valence-electron chi connectivity index (χ0n) is 12.2. The first-order valence-corrected chi connectivity index (χ1v) is 6.66. The highest BCUT2D eigenvalue weighted by atomic mass is 35.5. The number of ether oxygens (including phenoxy) is 2. The number of fused-ring (bicyclic) bond motifs is 1. The van der Waals surface area contributed by atoms with Crippen LogP contribution < -0.4 is 10.9 Å². The normalized spacial score (nSPS) is 10.0. The van der Waals surface area contributed by atoms with E-state index in [4.69, 9.17) is 11.6 Å². The van der Waals surface area contributed by atoms with Crippen LogP contribution in [0, 0.1) is 0 Å². The zero-order valence-corrected chi connectivity index (χ0v) is 13.0. The number of nitrogens with zero attached hydrogens (tertiary/aromatic N) is 2. The molecule has 0 aliphatic carbocycles. The maximum absolute atomic E-state index is 12.3. The number of esters is 2. The molecular weight excluding hydrogens is 326 g/mol. The molecule has 0 saturated heterocycles. The van der Waals surface area contributed by atoms with E-state index in [-0.39, 0.29) is 5.69 Å². The van der Waals surface area contributed by atoms with Crippen LogP contribution in [0.25, 0.3) is 5.65 Å². The average molecular weight is 338 g/mol. The fraction of sp³-hybridized carbons (Fsp3) is 0.143. The van der Waals surface area contributed by atoms with Gasteiger partial charge in [0, 0.05) is 12.4 Å². The zero-order chi connectivity index (χ0) is 17.0. The number of anilines is 1. The van der Waals surface area contributed by atoms with Crippen molar-refractivity contribution >= 4 is 34.9 Å². The average Bonchev–Trinajstić information content (AvgIpc) is 2.56. The Hall–Kier alpha value is -2.87. The number of hydrogen-bond donors (Lipinski definition) is 1. The molecule has 0 bridgehead atoms. The molecular formula is C14H12ClN3O5. The van der Waals surface area contributed by atoms with E-state index in [1.54, 1.807) is 12.1 Å². The van der Waals surface area contributed by atoms with Crippen LogP contribution in [0.3, 0.4) is 0 Å². The molecule has 1 N–H and O–H groups in total. The Morgan fingerprint density at radius 2 is 1.91 bits per heavy atom. The highest BCUT2D eigenvalue weighted by Gasteiger charge is 2.19. The van der Waals surface area contributed by atoms with Crippen molar-refractivity contribution in [2.24, 2.45) is 0 Å². The van der Waals surface area contributed by atoms with Gasteiger partial charge in [-0.3, -0.25) is 9.20 Å². The summed E-state index contributed by atoms with van der Waals surface area (Å²) in [5.41, 5.74) is -0.418. The molecule has 8 nitrogen and oxygen atoms in total. The summed E-state index contributed by atoms with van der Waals surface area (Å²) in [7, 11) is 2.24. The topological polar surface area (TPSA) is 99.0 Å². The van der Waals surface area contributed by atoms with Gasteiger partial charge in [0.05, 0.1) is 25.4 Å². The van der Waals surface area contributed by atoms with Gasteiger partial charge < -0.3 is 14.8 Å². The Labute approximate surface area is 135 Å². The summed E-state index contributed by atoms with van der Waals surface area (Å²) in [6, 6.07) is 3.18. The predicted molar refractivity (Wildman–Crippen MR) is 82.2 cm³/mol. The number of hydrogen-bond acceptors (Lipinski definition) is 7. The van der Waals surface area contributed by atoms with E-state index in [0.717, 1.165) is 20.4 Å². The largest absolute Gasteiger partial charge is 0.465 e. The van der Waals surface area contributed by atoms with Crippen LogP contribution in [0.5, 0.6) is 0 Å². The molecule has 2 aromatic heterocycles. The van der Waals surface area contributed by atoms with E-state index in [0.29, 0.717) is 10.7 Å². The van der Waals surface area contributed by atoms with Crippen molar-refractivity contribution in [2.45, 2.75) is 0 Å². The van der Waals surface area contributed by atoms with Crippen LogP contribution in [-0.4, -0.2) is 35.5 Å². The molecule has 0 fully saturated rings. The lowest BCUT2D eigenvalue weighted by Gasteiger charge is -2.06. The number of carbonyl (C=O) groups is 2. The molecule has 23 heavy (non-hydrogen) atoms. The fourth-order valence-electron chi connectivity index (χ4n) is 1.72. The van der Waals surface area contributed by atoms with Crippen molar-refractivity contribution in [1.82, 2.24) is 9.38 Å². The van der Waals surface area contributed by atoms with Crippen LogP contribution >= 0.6 is 11.6 Å². The van der Waals surface area contributed by atoms with E-state index in [1.807, 2.05) is 0 Å². The van der Waals surface area contributed by atoms with Crippen LogP contribution in [0.1, 0.15) is 0 Å². The lowest BCUT2D eigenvalue weighted by atomic mass is 10.3. The van der Waals surface area contributed by atoms with Gasteiger partial charge in [-0.05, 0) is 12.1 Å². The van der Waals surface area contributed by atoms with Crippen molar-refractivity contribution < 1.29 is 19.1 Å². The van der Waals surface area contributed by atoms with Gasteiger partial charge in [0.25, 0.3) is 5.56 Å². The highest BCUT2D eigenvalue weighted by Crippen LogP contribution is 2.10. The molecule has 0 aliphatic heterocycles. The molecule has 0 aromatic carbocycles. The molecule has 0 radical (unpaired) electrons. The summed E-state index contributed by atoms with van der Waals surface area (Å²) < 4.78 is 10.2. The van der Waals surface area contributed by atoms with Crippen molar-refractivity contribution in [1.29, 1.82) is 0 Å². The SMILES string of the molecule is COC(=O)C(=CNc1cnc2ccc(Cl)cn2c1=O)C(=O)OC. The number of halogens is 1. The molecule has 120 valence electrons. The second kappa shape index (κ2) is 6.93. The first-order chi connectivity index (χ1) is 11.0. The molecule has 2 rings (SSSR count). The third-order valence-corrected chi connectivity index (χ3v) is 3.07. The Morgan fingerprint density at radius 3 is 2.52 bits per heavy atom. The van der Waals surface area contributed by atoms with E-state index < -0.39 is 23.1 Å². The molecule has 0 atom stereocenters. The molecule has 0 aliphatic rings. The fourth-order valence-corrected chi connectivity index (χ4v) is 1.88. The van der Waals surface area contributed by atoms with Crippen molar-refractivity contribution in [3.8, 4) is 0 Å². The third-order valence-electron chi connectivity index (χ3n) is 2.85. The number of nitrogens with one attached hydrogen (secondary N) is 1. The van der Waals surface area contributed by atoms with Gasteiger partial charge in [-0.2, -0.15) is 0 Å². The van der Waals surface area contributed by atoms with Gasteiger partial charge in [0.15, 0.2) is 5.57 Å². The minimum atomic E-state index is -0.902. The summed E-state index contributed by atoms with van der Waals surface area (Å²) in [5, 5.41) is 2.91. The minimum absolute atomic E-state index is 0.0371. The van der Waals surface area contributed by atoms with Crippen LogP contribution in [-0.2, 0) is 19.1 Å². The Morgan fingerprint density at radius 1 is 1.26 bits per heavy atom. The Kier molecular flexibility index (Phi) is 4.97. The Balaban J connectivity index is 2.43. The number of rotatable bonds is 4. The number of methoxy groups -OCH3 is 2. The summed E-state index contributed by atoms with van der Waals surface area (Å²) in [6.07, 6.45) is 3.70. The Bertz CT molecular complexity index is 841. The van der Waals surface area contributed by atoms with Gasteiger partial charge in [0.1, 0.15) is 11.3 Å². The second-order valence-corrected chi connectivity index (χ2v) is 4.67. The standard InChI is InChI=1S/C14H12ClN3O5/c1-22-13(20)9(14(21)23-2)5-16-10-6-17-11-4-3-8(15)7-18(11)12(10)19/h3-7,16H,1-2H3. The van der Waals surface area contributed by atoms with E-state index in [2.05, 4.69) is 19.8 Å². The lowest BCUT2D eigenvalue weighted by Crippen LogP contribution is -2.20. The quantitative estimate of drug-likeness (QED) is 0.384. The van der Waals surface area contributed by atoms with E-state index in [1.165, 1.54) is 16.8 Å². The molecule has 2 aromatic rings. The van der Waals surface area contributed by atoms with Crippen molar-refractivity contribution in [2.75, 3.05) is 19.5 Å². The van der Waals surface area contributed by atoms with Crippen molar-refractivity contribution in [3.05, 3.63) is 51.7 Å². The smallest absolute Gasteiger partial charge is 0.346 e. The van der Waals surface area contributed by atoms with E-state index >= 15 is 0 Å². The van der Waals surface area contributed by atoms with Gasteiger partial charge in [-0.1, -0.05) is 11.6 Å². The second-order valence-electron chi connectivity index (χ2n) is 4.24. The first-order valence-electron chi connectivity index (χ1n) is 6.28.